The molecule has 0 bridgehead atoms. The van der Waals surface area contributed by atoms with Crippen molar-refractivity contribution in [1.82, 2.24) is 31.9 Å². The molecule has 73 heavy (non-hydrogen) atoms. The normalized spacial score (nSPS) is 7.97. The van der Waals surface area contributed by atoms with Gasteiger partial charge in [0.05, 0.1) is 0 Å². The van der Waals surface area contributed by atoms with Crippen LogP contribution >= 0.6 is 73.3 Å². The van der Waals surface area contributed by atoms with Crippen molar-refractivity contribution in [2.75, 3.05) is 39.3 Å². The number of thiocarbonyl (C=S) groups is 6. The summed E-state index contributed by atoms with van der Waals surface area (Å²) >= 11 is 73.1. The summed E-state index contributed by atoms with van der Waals surface area (Å²) in [7, 11) is 0. The Bertz CT molecular complexity index is 874. The maximum absolute atomic E-state index is 7.83. The molecule has 31 heteroatoms. The summed E-state index contributed by atoms with van der Waals surface area (Å²) in [6.45, 7) is 18.9. The van der Waals surface area contributed by atoms with E-state index >= 15 is 0 Å². The van der Waals surface area contributed by atoms with Crippen molar-refractivity contribution in [2.24, 2.45) is 0 Å². The average Bonchev–Trinajstić information content (AvgIpc) is 3.38. The van der Waals surface area contributed by atoms with E-state index in [1.807, 2.05) is 0 Å². The molecular weight excluding hydrogens is 1360 g/mol. The Kier molecular flexibility index (Phi) is 183. The molecule has 0 aromatic heterocycles. The van der Waals surface area contributed by atoms with Gasteiger partial charge in [0.15, 0.2) is 75.2 Å². The topological polar surface area (TPSA) is 175 Å². The molecular formula is C42H84MoN6O6S18-6. The Morgan fingerprint density at radius 2 is 0.329 bits per heavy atom. The predicted molar refractivity (Wildman–Crippen MR) is 362 cm³/mol. The van der Waals surface area contributed by atoms with E-state index in [9.17, 15) is 0 Å². The van der Waals surface area contributed by atoms with Gasteiger partial charge in [-0.2, -0.15) is 25.3 Å². The first-order valence-corrected chi connectivity index (χ1v) is 30.2. The van der Waals surface area contributed by atoms with Crippen LogP contribution in [0.2, 0.25) is 0 Å². The summed E-state index contributed by atoms with van der Waals surface area (Å²) in [5.41, 5.74) is 0. The zero-order valence-corrected chi connectivity index (χ0v) is 60.1. The Morgan fingerprint density at radius 1 is 0.233 bits per heavy atom. The third kappa shape index (κ3) is 199. The van der Waals surface area contributed by atoms with E-state index in [-0.39, 0.29) is 21.1 Å². The fraction of sp³-hybridized carbons (Fsp3) is 0.857. The number of unbranched alkanes of at least 4 members (excludes halogenated alkanes) is 18. The van der Waals surface area contributed by atoms with Crippen molar-refractivity contribution in [1.29, 1.82) is 0 Å². The van der Waals surface area contributed by atoms with Crippen LogP contribution in [0.4, 0.5) is 0 Å². The molecule has 0 spiro atoms. The van der Waals surface area contributed by atoms with E-state index in [4.69, 9.17) is 25.3 Å². The van der Waals surface area contributed by atoms with Gasteiger partial charge in [0.1, 0.15) is 0 Å². The predicted octanol–water partition coefficient (Wildman–Crippen LogP) is 9.91. The average molecular weight is 1440 g/mol. The Hall–Kier alpha value is 1.47. The SMILES string of the molecule is CCCCCCNC(=S)[S-].CCCCCCNC(=S)[S-].CCCCCCNC(=S)[S-].CCCCCCNC(=S)[S-].CCCCCCNC(=S)[S-].CCCCCCNC(=S)[S-].O=S.O=S.O=S.O=S.O=S.O=S.[Mo]. The quantitative estimate of drug-likeness (QED) is 0.0173. The van der Waals surface area contributed by atoms with Crippen LogP contribution in [0, 0.1) is 0 Å². The third-order valence-electron chi connectivity index (χ3n) is 7.80. The van der Waals surface area contributed by atoms with Crippen molar-refractivity contribution >= 4 is 250 Å². The van der Waals surface area contributed by atoms with Crippen LogP contribution < -0.4 is 31.9 Å². The van der Waals surface area contributed by atoms with Gasteiger partial charge < -0.3 is 181 Å². The summed E-state index contributed by atoms with van der Waals surface area (Å²) in [6.07, 6.45) is 30.3. The van der Waals surface area contributed by atoms with Gasteiger partial charge in [-0.15, -0.1) is 0 Å². The Balaban J connectivity index is -0.0000000514. The molecule has 0 rings (SSSR count). The van der Waals surface area contributed by atoms with Gasteiger partial charge >= 0.3 is 0 Å². The van der Waals surface area contributed by atoms with E-state index in [0.29, 0.717) is 25.9 Å². The molecule has 0 saturated carbocycles. The largest absolute Gasteiger partial charge is 0.412 e. The van der Waals surface area contributed by atoms with Gasteiger partial charge in [-0.25, -0.2) is 0 Å². The van der Waals surface area contributed by atoms with Gasteiger partial charge in [0, 0.05) is 60.3 Å². The summed E-state index contributed by atoms with van der Waals surface area (Å²) in [6, 6.07) is 0. The molecule has 0 amide bonds. The second-order valence-electron chi connectivity index (χ2n) is 13.6. The Labute approximate surface area is 556 Å². The zero-order chi connectivity index (χ0) is 58.9. The fourth-order valence-corrected chi connectivity index (χ4v) is 5.68. The van der Waals surface area contributed by atoms with E-state index in [2.05, 4.69) is 298 Å². The molecule has 0 radical (unpaired) electrons. The van der Waals surface area contributed by atoms with Crippen LogP contribution in [-0.4, -0.2) is 90.4 Å². The van der Waals surface area contributed by atoms with Crippen molar-refractivity contribution in [3.63, 3.8) is 0 Å². The molecule has 0 unspecified atom stereocenters. The maximum Gasteiger partial charge on any atom is 0.197 e. The monoisotopic (exact) mass is 1440 g/mol. The second-order valence-corrected chi connectivity index (χ2v) is 20.1. The standard InChI is InChI=1S/6C7H15NS2.Mo.6OS/c6*1-2-3-4-5-6-8-7(9)10;;6*1-2/h6*2-6H2,1H3,(H2,8,9,10);;;;;;;/p-6. The summed E-state index contributed by atoms with van der Waals surface area (Å²) < 4.78 is 50.0. The molecule has 0 aliphatic rings. The number of nitrogens with one attached hydrogen (secondary N) is 6. The minimum absolute atomic E-state index is 0. The van der Waals surface area contributed by atoms with Gasteiger partial charge in [0.2, 0.25) is 0 Å². The van der Waals surface area contributed by atoms with Crippen LogP contribution in [0.5, 0.6) is 0 Å². The van der Waals surface area contributed by atoms with Crippen molar-refractivity contribution in [3.05, 3.63) is 0 Å². The molecule has 0 aromatic rings. The maximum atomic E-state index is 7.83. The minimum atomic E-state index is 0. The van der Waals surface area contributed by atoms with E-state index < -0.39 is 0 Å². The number of hydrogen-bond acceptors (Lipinski definition) is 24. The molecule has 12 nitrogen and oxygen atoms in total. The number of hydrogen-bond donors (Lipinski definition) is 6. The second kappa shape index (κ2) is 125. The molecule has 0 aromatic carbocycles. The molecule has 0 atom stereocenters. The summed E-state index contributed by atoms with van der Waals surface area (Å²) in [5.74, 6) is 0. The third-order valence-corrected chi connectivity index (χ3v) is 9.53. The first kappa shape index (κ1) is 106. The first-order chi connectivity index (χ1) is 34.6. The first-order valence-electron chi connectivity index (χ1n) is 23.3. The van der Waals surface area contributed by atoms with Gasteiger partial charge in [0.25, 0.3) is 0 Å². The van der Waals surface area contributed by atoms with Gasteiger partial charge in [-0.1, -0.05) is 183 Å². The summed E-state index contributed by atoms with van der Waals surface area (Å²) in [5, 5.41) is 17.7. The molecule has 6 N–H and O–H groups in total. The smallest absolute Gasteiger partial charge is 0.197 e. The van der Waals surface area contributed by atoms with Crippen molar-refractivity contribution in [3.8, 4) is 0 Å². The molecule has 0 saturated heterocycles. The molecule has 0 aliphatic carbocycles. The number of rotatable bonds is 30. The van der Waals surface area contributed by atoms with Crippen LogP contribution in [0.3, 0.4) is 0 Å². The van der Waals surface area contributed by atoms with Gasteiger partial charge in [-0.3, -0.25) is 0 Å². The fourth-order valence-electron chi connectivity index (χ4n) is 4.45. The van der Waals surface area contributed by atoms with Crippen LogP contribution in [0.1, 0.15) is 196 Å². The van der Waals surface area contributed by atoms with E-state index in [0.717, 1.165) is 39.3 Å². The molecule has 438 valence electrons. The van der Waals surface area contributed by atoms with E-state index in [1.54, 1.807) is 0 Å². The van der Waals surface area contributed by atoms with Gasteiger partial charge in [-0.05, 0) is 38.5 Å². The summed E-state index contributed by atoms with van der Waals surface area (Å²) in [4.78, 5) is 0. The van der Waals surface area contributed by atoms with Crippen molar-refractivity contribution in [2.45, 2.75) is 196 Å². The van der Waals surface area contributed by atoms with Crippen LogP contribution in [-0.2, 0) is 172 Å². The van der Waals surface area contributed by atoms with E-state index in [1.165, 1.54) is 154 Å². The Morgan fingerprint density at radius 3 is 0.397 bits per heavy atom. The minimum Gasteiger partial charge on any atom is -0.412 e. The molecule has 0 aliphatic heterocycles. The van der Waals surface area contributed by atoms with Crippen LogP contribution in [0.15, 0.2) is 0 Å². The van der Waals surface area contributed by atoms with Crippen molar-refractivity contribution < 1.29 is 46.3 Å². The zero-order valence-electron chi connectivity index (χ0n) is 43.4. The molecule has 0 heterocycles. The van der Waals surface area contributed by atoms with Crippen LogP contribution in [0.25, 0.3) is 0 Å². The molecule has 0 fully saturated rings.